The first-order valence-corrected chi connectivity index (χ1v) is 14.4. The van der Waals surface area contributed by atoms with Gasteiger partial charge in [0, 0.05) is 36.2 Å². The molecule has 1 aromatic heterocycles. The van der Waals surface area contributed by atoms with E-state index in [2.05, 4.69) is 20.9 Å². The lowest BCUT2D eigenvalue weighted by molar-refractivity contribution is -0.0440. The van der Waals surface area contributed by atoms with Gasteiger partial charge in [0.15, 0.2) is 5.13 Å². The Bertz CT molecular complexity index is 1300. The van der Waals surface area contributed by atoms with E-state index < -0.39 is 10.0 Å². The van der Waals surface area contributed by atoms with E-state index >= 15 is 0 Å². The summed E-state index contributed by atoms with van der Waals surface area (Å²) in [6.07, 6.45) is -0.344. The maximum Gasteiger partial charge on any atom is 0.260 e. The Kier molecular flexibility index (Phi) is 7.94. The summed E-state index contributed by atoms with van der Waals surface area (Å²) in [6.45, 7) is 5.45. The molecule has 4 rings (SSSR count). The van der Waals surface area contributed by atoms with Crippen molar-refractivity contribution >= 4 is 58.5 Å². The minimum atomic E-state index is -3.68. The number of rotatable bonds is 7. The number of hydrogen-bond acceptors (Lipinski definition) is 7. The van der Waals surface area contributed by atoms with Crippen LogP contribution in [0, 0.1) is 0 Å². The molecule has 1 saturated heterocycles. The summed E-state index contributed by atoms with van der Waals surface area (Å²) in [5.41, 5.74) is 1.23. The van der Waals surface area contributed by atoms with E-state index in [0.717, 1.165) is 14.7 Å². The number of anilines is 1. The molecule has 2 aromatic carbocycles. The summed E-state index contributed by atoms with van der Waals surface area (Å²) in [6, 6.07) is 12.0. The standard InChI is InChI=1S/C24H29BrN4O4S2/c1-16-14-28(15-17(2)33-16)35(31,32)20-8-5-18(6-9-20)23(30)29(12-11-27(3)4)24-26-21-10-7-19(25)13-22(21)34-24/h5-10,13,16-17H,11-12,14-15H2,1-4H3. The highest BCUT2D eigenvalue weighted by Gasteiger charge is 2.32. The first kappa shape index (κ1) is 26.2. The molecular formula is C24H29BrN4O4S2. The number of thiazole rings is 1. The molecule has 188 valence electrons. The number of benzene rings is 2. The Balaban J connectivity index is 1.60. The van der Waals surface area contributed by atoms with Crippen molar-refractivity contribution in [2.24, 2.45) is 0 Å². The molecule has 0 bridgehead atoms. The topological polar surface area (TPSA) is 83.1 Å². The Morgan fingerprint density at radius 3 is 2.40 bits per heavy atom. The van der Waals surface area contributed by atoms with Crippen LogP contribution >= 0.6 is 27.3 Å². The van der Waals surface area contributed by atoms with Crippen LogP contribution in [-0.4, -0.2) is 81.0 Å². The zero-order valence-electron chi connectivity index (χ0n) is 20.1. The fourth-order valence-corrected chi connectivity index (χ4v) is 7.12. The van der Waals surface area contributed by atoms with Crippen LogP contribution in [0.3, 0.4) is 0 Å². The minimum absolute atomic E-state index is 0.167. The average molecular weight is 582 g/mol. The summed E-state index contributed by atoms with van der Waals surface area (Å²) in [7, 11) is 0.220. The molecule has 0 aliphatic carbocycles. The smallest absolute Gasteiger partial charge is 0.260 e. The number of sulfonamides is 1. The lowest BCUT2D eigenvalue weighted by Crippen LogP contribution is -2.48. The van der Waals surface area contributed by atoms with Crippen LogP contribution in [0.5, 0.6) is 0 Å². The number of nitrogens with zero attached hydrogens (tertiary/aromatic N) is 4. The quantitative estimate of drug-likeness (QED) is 0.419. The molecule has 1 aliphatic rings. The van der Waals surface area contributed by atoms with Gasteiger partial charge in [0.2, 0.25) is 10.0 Å². The van der Waals surface area contributed by atoms with Crippen molar-refractivity contribution in [2.75, 3.05) is 45.2 Å². The molecule has 11 heteroatoms. The Morgan fingerprint density at radius 2 is 1.77 bits per heavy atom. The Labute approximate surface area is 218 Å². The van der Waals surface area contributed by atoms with Gasteiger partial charge in [-0.3, -0.25) is 9.69 Å². The van der Waals surface area contributed by atoms with Gasteiger partial charge >= 0.3 is 0 Å². The van der Waals surface area contributed by atoms with Gasteiger partial charge < -0.3 is 9.64 Å². The molecule has 2 heterocycles. The van der Waals surface area contributed by atoms with Crippen molar-refractivity contribution < 1.29 is 17.9 Å². The maximum atomic E-state index is 13.5. The second-order valence-corrected chi connectivity index (χ2v) is 12.8. The molecule has 1 fully saturated rings. The number of ether oxygens (including phenoxy) is 1. The van der Waals surface area contributed by atoms with Gasteiger partial charge in [-0.2, -0.15) is 4.31 Å². The van der Waals surface area contributed by atoms with Gasteiger partial charge in [-0.05, 0) is 70.4 Å². The molecule has 8 nitrogen and oxygen atoms in total. The molecule has 3 aromatic rings. The molecule has 1 amide bonds. The molecule has 2 atom stereocenters. The molecule has 1 aliphatic heterocycles. The number of morpholine rings is 1. The van der Waals surface area contributed by atoms with Crippen LogP contribution in [0.4, 0.5) is 5.13 Å². The summed E-state index contributed by atoms with van der Waals surface area (Å²) in [5.74, 6) is -0.220. The average Bonchev–Trinajstić information content (AvgIpc) is 3.21. The number of carbonyl (C=O) groups excluding carboxylic acids is 1. The molecule has 35 heavy (non-hydrogen) atoms. The highest BCUT2D eigenvalue weighted by Crippen LogP contribution is 2.32. The number of likely N-dealkylation sites (N-methyl/N-ethyl adjacent to an activating group) is 1. The van der Waals surface area contributed by atoms with Crippen molar-refractivity contribution in [3.63, 3.8) is 0 Å². The highest BCUT2D eigenvalue weighted by molar-refractivity contribution is 9.10. The second-order valence-electron chi connectivity index (χ2n) is 8.97. The summed E-state index contributed by atoms with van der Waals surface area (Å²) < 4.78 is 35.4. The predicted octanol–water partition coefficient (Wildman–Crippen LogP) is 4.07. The second kappa shape index (κ2) is 10.6. The van der Waals surface area contributed by atoms with Gasteiger partial charge in [0.1, 0.15) is 0 Å². The zero-order chi connectivity index (χ0) is 25.3. The third-order valence-corrected chi connectivity index (χ3v) is 9.09. The zero-order valence-corrected chi connectivity index (χ0v) is 23.4. The van der Waals surface area contributed by atoms with E-state index in [1.807, 2.05) is 51.0 Å². The van der Waals surface area contributed by atoms with E-state index in [9.17, 15) is 13.2 Å². The minimum Gasteiger partial charge on any atom is -0.373 e. The van der Waals surface area contributed by atoms with Crippen molar-refractivity contribution in [3.8, 4) is 0 Å². The summed E-state index contributed by atoms with van der Waals surface area (Å²) >= 11 is 4.94. The number of hydrogen-bond donors (Lipinski definition) is 0. The van der Waals surface area contributed by atoms with Crippen LogP contribution in [0.25, 0.3) is 10.2 Å². The number of halogens is 1. The monoisotopic (exact) mass is 580 g/mol. The lowest BCUT2D eigenvalue weighted by Gasteiger charge is -2.34. The van der Waals surface area contributed by atoms with Crippen LogP contribution in [0.15, 0.2) is 51.8 Å². The van der Waals surface area contributed by atoms with Crippen LogP contribution in [-0.2, 0) is 14.8 Å². The fraction of sp³-hybridized carbons (Fsp3) is 0.417. The van der Waals surface area contributed by atoms with E-state index in [-0.39, 0.29) is 23.0 Å². The third-order valence-electron chi connectivity index (χ3n) is 5.71. The molecule has 2 unspecified atom stereocenters. The molecule has 0 saturated carbocycles. The molecule has 0 spiro atoms. The number of aromatic nitrogens is 1. The Hall–Kier alpha value is -1.89. The van der Waals surface area contributed by atoms with Crippen LogP contribution < -0.4 is 4.90 Å². The maximum absolute atomic E-state index is 13.5. The SMILES string of the molecule is CC1CN(S(=O)(=O)c2ccc(C(=O)N(CCN(C)C)c3nc4ccc(Br)cc4s3)cc2)CC(C)O1. The molecular weight excluding hydrogens is 552 g/mol. The highest BCUT2D eigenvalue weighted by atomic mass is 79.9. The largest absolute Gasteiger partial charge is 0.373 e. The Morgan fingerprint density at radius 1 is 1.11 bits per heavy atom. The van der Waals surface area contributed by atoms with E-state index in [1.54, 1.807) is 17.0 Å². The van der Waals surface area contributed by atoms with E-state index in [0.29, 0.717) is 36.9 Å². The van der Waals surface area contributed by atoms with E-state index in [1.165, 1.54) is 27.8 Å². The van der Waals surface area contributed by atoms with Crippen molar-refractivity contribution in [1.82, 2.24) is 14.2 Å². The first-order valence-electron chi connectivity index (χ1n) is 11.3. The van der Waals surface area contributed by atoms with Gasteiger partial charge in [-0.15, -0.1) is 0 Å². The fourth-order valence-electron chi connectivity index (χ4n) is 3.99. The van der Waals surface area contributed by atoms with E-state index in [4.69, 9.17) is 4.74 Å². The lowest BCUT2D eigenvalue weighted by atomic mass is 10.2. The third kappa shape index (κ3) is 5.92. The first-order chi connectivity index (χ1) is 16.5. The van der Waals surface area contributed by atoms with Crippen molar-refractivity contribution in [2.45, 2.75) is 31.0 Å². The summed E-state index contributed by atoms with van der Waals surface area (Å²) in [4.78, 5) is 22.1. The normalized spacial score (nSPS) is 19.4. The number of carbonyl (C=O) groups is 1. The summed E-state index contributed by atoms with van der Waals surface area (Å²) in [5, 5.41) is 0.609. The van der Waals surface area contributed by atoms with Gasteiger partial charge in [0.05, 0.1) is 27.3 Å². The van der Waals surface area contributed by atoms with Gasteiger partial charge in [-0.1, -0.05) is 27.3 Å². The van der Waals surface area contributed by atoms with Crippen molar-refractivity contribution in [3.05, 3.63) is 52.5 Å². The van der Waals surface area contributed by atoms with Crippen LogP contribution in [0.2, 0.25) is 0 Å². The van der Waals surface area contributed by atoms with Gasteiger partial charge in [0.25, 0.3) is 5.91 Å². The van der Waals surface area contributed by atoms with Crippen molar-refractivity contribution in [1.29, 1.82) is 0 Å². The predicted molar refractivity (Wildman–Crippen MR) is 143 cm³/mol. The van der Waals surface area contributed by atoms with Crippen LogP contribution in [0.1, 0.15) is 24.2 Å². The number of fused-ring (bicyclic) bond motifs is 1. The molecule has 0 radical (unpaired) electrons. The van der Waals surface area contributed by atoms with Gasteiger partial charge in [-0.25, -0.2) is 13.4 Å². The number of amides is 1. The molecule has 0 N–H and O–H groups in total.